The molecule has 17 heavy (non-hydrogen) atoms. The first-order valence-corrected chi connectivity index (χ1v) is 6.25. The average Bonchev–Trinajstić information content (AvgIpc) is 2.28. The van der Waals surface area contributed by atoms with Crippen molar-refractivity contribution in [2.75, 3.05) is 6.61 Å². The standard InChI is InChI=1S/C12H16BrNO3/c1-8(2)7-17-12(16)9(3)14-6-10(13)4-5-11(14)15/h4-6,8-9H,7H2,1-3H3. The van der Waals surface area contributed by atoms with E-state index in [2.05, 4.69) is 15.9 Å². The van der Waals surface area contributed by atoms with Gasteiger partial charge in [-0.2, -0.15) is 0 Å². The molecule has 1 aromatic rings. The Morgan fingerprint density at radius 3 is 2.65 bits per heavy atom. The molecule has 1 unspecified atom stereocenters. The van der Waals surface area contributed by atoms with Crippen molar-refractivity contribution in [1.29, 1.82) is 0 Å². The number of hydrogen-bond donors (Lipinski definition) is 0. The van der Waals surface area contributed by atoms with E-state index < -0.39 is 6.04 Å². The first kappa shape index (κ1) is 14.0. The van der Waals surface area contributed by atoms with E-state index in [1.54, 1.807) is 19.2 Å². The number of ether oxygens (including phenoxy) is 1. The molecular formula is C12H16BrNO3. The van der Waals surface area contributed by atoms with E-state index in [9.17, 15) is 9.59 Å². The van der Waals surface area contributed by atoms with Gasteiger partial charge in [-0.05, 0) is 34.8 Å². The molecule has 0 saturated carbocycles. The molecule has 0 N–H and O–H groups in total. The van der Waals surface area contributed by atoms with Gasteiger partial charge in [0, 0.05) is 16.7 Å². The van der Waals surface area contributed by atoms with E-state index >= 15 is 0 Å². The fourth-order valence-electron chi connectivity index (χ4n) is 1.26. The molecule has 94 valence electrons. The van der Waals surface area contributed by atoms with Gasteiger partial charge in [-0.25, -0.2) is 4.79 Å². The fourth-order valence-corrected chi connectivity index (χ4v) is 1.61. The first-order chi connectivity index (χ1) is 7.91. The average molecular weight is 302 g/mol. The molecule has 1 aromatic heterocycles. The van der Waals surface area contributed by atoms with Crippen LogP contribution < -0.4 is 5.56 Å². The predicted molar refractivity (Wildman–Crippen MR) is 68.9 cm³/mol. The summed E-state index contributed by atoms with van der Waals surface area (Å²) in [5, 5.41) is 0. The van der Waals surface area contributed by atoms with E-state index in [-0.39, 0.29) is 17.4 Å². The molecule has 0 amide bonds. The highest BCUT2D eigenvalue weighted by molar-refractivity contribution is 9.10. The van der Waals surface area contributed by atoms with Gasteiger partial charge in [0.2, 0.25) is 0 Å². The zero-order chi connectivity index (χ0) is 13.0. The maximum absolute atomic E-state index is 11.7. The highest BCUT2D eigenvalue weighted by Crippen LogP contribution is 2.11. The molecule has 0 aliphatic rings. The van der Waals surface area contributed by atoms with Crippen molar-refractivity contribution in [3.05, 3.63) is 33.2 Å². The number of rotatable bonds is 4. The Bertz CT molecular complexity index is 453. The third-order valence-corrected chi connectivity index (χ3v) is 2.69. The maximum atomic E-state index is 11.7. The van der Waals surface area contributed by atoms with Gasteiger partial charge in [-0.1, -0.05) is 13.8 Å². The summed E-state index contributed by atoms with van der Waals surface area (Å²) >= 11 is 3.26. The Hall–Kier alpha value is -1.10. The second kappa shape index (κ2) is 6.00. The van der Waals surface area contributed by atoms with Crippen LogP contribution in [0, 0.1) is 5.92 Å². The number of carbonyl (C=O) groups is 1. The van der Waals surface area contributed by atoms with E-state index in [1.165, 1.54) is 10.6 Å². The SMILES string of the molecule is CC(C)COC(=O)C(C)n1cc(Br)ccc1=O. The third kappa shape index (κ3) is 4.00. The summed E-state index contributed by atoms with van der Waals surface area (Å²) < 4.78 is 7.21. The number of hydrogen-bond acceptors (Lipinski definition) is 3. The molecule has 0 aliphatic heterocycles. The normalized spacial score (nSPS) is 12.5. The summed E-state index contributed by atoms with van der Waals surface area (Å²) in [7, 11) is 0. The van der Waals surface area contributed by atoms with Crippen molar-refractivity contribution in [2.24, 2.45) is 5.92 Å². The van der Waals surface area contributed by atoms with E-state index in [0.29, 0.717) is 6.61 Å². The van der Waals surface area contributed by atoms with Crippen LogP contribution in [0.4, 0.5) is 0 Å². The van der Waals surface area contributed by atoms with E-state index in [1.807, 2.05) is 13.8 Å². The summed E-state index contributed by atoms with van der Waals surface area (Å²) in [5.41, 5.74) is -0.220. The van der Waals surface area contributed by atoms with Crippen molar-refractivity contribution in [3.63, 3.8) is 0 Å². The minimum absolute atomic E-state index is 0.220. The minimum Gasteiger partial charge on any atom is -0.464 e. The van der Waals surface area contributed by atoms with Gasteiger partial charge in [-0.3, -0.25) is 4.79 Å². The highest BCUT2D eigenvalue weighted by atomic mass is 79.9. The number of halogens is 1. The van der Waals surface area contributed by atoms with Crippen LogP contribution >= 0.6 is 15.9 Å². The number of carbonyl (C=O) groups excluding carboxylic acids is 1. The molecule has 0 bridgehead atoms. The van der Waals surface area contributed by atoms with Crippen LogP contribution in [0.25, 0.3) is 0 Å². The zero-order valence-electron chi connectivity index (χ0n) is 10.1. The summed E-state index contributed by atoms with van der Waals surface area (Å²) in [6, 6.07) is 2.44. The highest BCUT2D eigenvalue weighted by Gasteiger charge is 2.17. The molecule has 1 heterocycles. The molecule has 1 rings (SSSR count). The lowest BCUT2D eigenvalue weighted by atomic mass is 10.2. The lowest BCUT2D eigenvalue weighted by Gasteiger charge is -2.15. The van der Waals surface area contributed by atoms with Gasteiger partial charge in [0.05, 0.1) is 6.61 Å². The molecule has 5 heteroatoms. The van der Waals surface area contributed by atoms with Crippen molar-refractivity contribution in [1.82, 2.24) is 4.57 Å². The Morgan fingerprint density at radius 1 is 1.41 bits per heavy atom. The van der Waals surface area contributed by atoms with Gasteiger partial charge in [0.25, 0.3) is 5.56 Å². The zero-order valence-corrected chi connectivity index (χ0v) is 11.7. The molecule has 4 nitrogen and oxygen atoms in total. The topological polar surface area (TPSA) is 48.3 Å². The number of esters is 1. The van der Waals surface area contributed by atoms with Gasteiger partial charge in [-0.15, -0.1) is 0 Å². The van der Waals surface area contributed by atoms with Crippen molar-refractivity contribution in [3.8, 4) is 0 Å². The van der Waals surface area contributed by atoms with E-state index in [4.69, 9.17) is 4.74 Å². The molecule has 1 atom stereocenters. The van der Waals surface area contributed by atoms with Crippen LogP contribution in [0.3, 0.4) is 0 Å². The van der Waals surface area contributed by atoms with Crippen LogP contribution in [0.5, 0.6) is 0 Å². The van der Waals surface area contributed by atoms with Crippen LogP contribution in [0.1, 0.15) is 26.8 Å². The Kier molecular flexibility index (Phi) is 4.93. The first-order valence-electron chi connectivity index (χ1n) is 5.46. The molecule has 0 aliphatic carbocycles. The summed E-state index contributed by atoms with van der Waals surface area (Å²) in [6.07, 6.45) is 1.59. The third-order valence-electron chi connectivity index (χ3n) is 2.22. The molecule has 0 aromatic carbocycles. The van der Waals surface area contributed by atoms with E-state index in [0.717, 1.165) is 4.47 Å². The maximum Gasteiger partial charge on any atom is 0.328 e. The lowest BCUT2D eigenvalue weighted by Crippen LogP contribution is -2.29. The van der Waals surface area contributed by atoms with Crippen molar-refractivity contribution >= 4 is 21.9 Å². The second-order valence-electron chi connectivity index (χ2n) is 4.29. The predicted octanol–water partition coefficient (Wildman–Crippen LogP) is 2.37. The second-order valence-corrected chi connectivity index (χ2v) is 5.21. The van der Waals surface area contributed by atoms with Gasteiger partial charge >= 0.3 is 5.97 Å². The van der Waals surface area contributed by atoms with Gasteiger partial charge in [0.1, 0.15) is 6.04 Å². The quantitative estimate of drug-likeness (QED) is 0.802. The summed E-state index contributed by atoms with van der Waals surface area (Å²) in [6.45, 7) is 5.94. The lowest BCUT2D eigenvalue weighted by molar-refractivity contribution is -0.148. The van der Waals surface area contributed by atoms with Crippen LogP contribution in [0.2, 0.25) is 0 Å². The molecule has 0 fully saturated rings. The fraction of sp³-hybridized carbons (Fsp3) is 0.500. The smallest absolute Gasteiger partial charge is 0.328 e. The Labute approximate surface area is 109 Å². The van der Waals surface area contributed by atoms with Crippen molar-refractivity contribution < 1.29 is 9.53 Å². The number of aromatic nitrogens is 1. The number of nitrogens with zero attached hydrogens (tertiary/aromatic N) is 1. The number of pyridine rings is 1. The van der Waals surface area contributed by atoms with Crippen LogP contribution in [0.15, 0.2) is 27.6 Å². The molecule has 0 radical (unpaired) electrons. The molecule has 0 saturated heterocycles. The molecule has 0 spiro atoms. The monoisotopic (exact) mass is 301 g/mol. The van der Waals surface area contributed by atoms with Crippen molar-refractivity contribution in [2.45, 2.75) is 26.8 Å². The van der Waals surface area contributed by atoms with Crippen LogP contribution in [-0.2, 0) is 9.53 Å². The van der Waals surface area contributed by atoms with Gasteiger partial charge in [0.15, 0.2) is 0 Å². The van der Waals surface area contributed by atoms with Crippen LogP contribution in [-0.4, -0.2) is 17.1 Å². The van der Waals surface area contributed by atoms with Gasteiger partial charge < -0.3 is 9.30 Å². The largest absolute Gasteiger partial charge is 0.464 e. The molecular weight excluding hydrogens is 286 g/mol. The Balaban J connectivity index is 2.81. The minimum atomic E-state index is -0.612. The Morgan fingerprint density at radius 2 is 2.06 bits per heavy atom. The summed E-state index contributed by atoms with van der Waals surface area (Å²) in [4.78, 5) is 23.3. The summed E-state index contributed by atoms with van der Waals surface area (Å²) in [5.74, 6) is -0.107.